The monoisotopic (exact) mass is 303 g/mol. The molecule has 0 aliphatic carbocycles. The third kappa shape index (κ3) is 4.21. The van der Waals surface area contributed by atoms with Crippen molar-refractivity contribution in [3.8, 4) is 0 Å². The van der Waals surface area contributed by atoms with Crippen LogP contribution in [0.3, 0.4) is 0 Å². The number of nitrogens with one attached hydrogen (secondary N) is 1. The average molecular weight is 304 g/mol. The van der Waals surface area contributed by atoms with Crippen molar-refractivity contribution < 1.29 is 9.32 Å². The number of halogens is 1. The van der Waals surface area contributed by atoms with Crippen molar-refractivity contribution in [3.05, 3.63) is 17.0 Å². The standard InChI is InChI=1S/C14H25N3O2.ClH/c1-6-8-14(5,15)13(18)16-11(7-2)12-9(3)17-19-10(12)4;/h11H,6-8,15H2,1-5H3,(H,16,18);1H. The maximum Gasteiger partial charge on any atom is 0.240 e. The Bertz CT molecular complexity index is 424. The minimum atomic E-state index is -0.832. The van der Waals surface area contributed by atoms with Crippen LogP contribution >= 0.6 is 12.4 Å². The summed E-state index contributed by atoms with van der Waals surface area (Å²) in [6.45, 7) is 9.55. The van der Waals surface area contributed by atoms with E-state index in [1.54, 1.807) is 6.92 Å². The SMILES string of the molecule is CCCC(C)(N)C(=O)NC(CC)c1c(C)noc1C.Cl. The largest absolute Gasteiger partial charge is 0.361 e. The normalized spacial score (nSPS) is 15.1. The summed E-state index contributed by atoms with van der Waals surface area (Å²) in [4.78, 5) is 12.3. The van der Waals surface area contributed by atoms with Crippen molar-refractivity contribution in [1.82, 2.24) is 10.5 Å². The molecular formula is C14H26ClN3O2. The van der Waals surface area contributed by atoms with Crippen LogP contribution in [0.1, 0.15) is 63.1 Å². The average Bonchev–Trinajstić information content (AvgIpc) is 2.66. The van der Waals surface area contributed by atoms with E-state index in [4.69, 9.17) is 10.3 Å². The lowest BCUT2D eigenvalue weighted by atomic mass is 9.94. The molecule has 116 valence electrons. The Morgan fingerprint density at radius 3 is 2.45 bits per heavy atom. The summed E-state index contributed by atoms with van der Waals surface area (Å²) in [5, 5.41) is 6.95. The zero-order valence-electron chi connectivity index (χ0n) is 12.9. The topological polar surface area (TPSA) is 81.2 Å². The fraction of sp³-hybridized carbons (Fsp3) is 0.714. The number of nitrogens with zero attached hydrogens (tertiary/aromatic N) is 1. The molecule has 2 unspecified atom stereocenters. The summed E-state index contributed by atoms with van der Waals surface area (Å²) < 4.78 is 5.16. The summed E-state index contributed by atoms with van der Waals surface area (Å²) in [6, 6.07) is -0.0986. The van der Waals surface area contributed by atoms with Crippen molar-refractivity contribution in [2.24, 2.45) is 5.73 Å². The Kier molecular flexibility index (Phi) is 7.23. The summed E-state index contributed by atoms with van der Waals surface area (Å²) in [5.41, 5.74) is 7.00. The minimum Gasteiger partial charge on any atom is -0.361 e. The molecule has 20 heavy (non-hydrogen) atoms. The first-order chi connectivity index (χ1) is 8.83. The summed E-state index contributed by atoms with van der Waals surface area (Å²) >= 11 is 0. The van der Waals surface area contributed by atoms with E-state index in [0.717, 1.165) is 29.9 Å². The van der Waals surface area contributed by atoms with Gasteiger partial charge in [0.05, 0.1) is 17.3 Å². The Hall–Kier alpha value is -1.07. The summed E-state index contributed by atoms with van der Waals surface area (Å²) in [5.74, 6) is 0.625. The molecule has 1 aromatic heterocycles. The van der Waals surface area contributed by atoms with Crippen LogP contribution in [-0.2, 0) is 4.79 Å². The molecule has 1 rings (SSSR count). The van der Waals surface area contributed by atoms with Crippen molar-refractivity contribution in [3.63, 3.8) is 0 Å². The second kappa shape index (κ2) is 7.64. The molecule has 6 heteroatoms. The molecule has 3 N–H and O–H groups in total. The van der Waals surface area contributed by atoms with Gasteiger partial charge in [-0.25, -0.2) is 0 Å². The summed E-state index contributed by atoms with van der Waals surface area (Å²) in [6.07, 6.45) is 2.32. The highest BCUT2D eigenvalue weighted by atomic mass is 35.5. The predicted molar refractivity (Wildman–Crippen MR) is 81.9 cm³/mol. The molecule has 0 radical (unpaired) electrons. The third-order valence-corrected chi connectivity index (χ3v) is 3.44. The highest BCUT2D eigenvalue weighted by Gasteiger charge is 2.30. The van der Waals surface area contributed by atoms with Crippen molar-refractivity contribution >= 4 is 18.3 Å². The molecule has 2 atom stereocenters. The zero-order chi connectivity index (χ0) is 14.6. The van der Waals surface area contributed by atoms with E-state index in [-0.39, 0.29) is 24.4 Å². The van der Waals surface area contributed by atoms with Crippen LogP contribution in [0.5, 0.6) is 0 Å². The zero-order valence-corrected chi connectivity index (χ0v) is 13.8. The van der Waals surface area contributed by atoms with E-state index in [9.17, 15) is 4.79 Å². The van der Waals surface area contributed by atoms with Gasteiger partial charge in [0.15, 0.2) is 0 Å². The van der Waals surface area contributed by atoms with Gasteiger partial charge in [0.2, 0.25) is 5.91 Å². The van der Waals surface area contributed by atoms with Gasteiger partial charge in [-0.3, -0.25) is 4.79 Å². The molecule has 1 heterocycles. The lowest BCUT2D eigenvalue weighted by molar-refractivity contribution is -0.126. The number of aryl methyl sites for hydroxylation is 2. The Morgan fingerprint density at radius 2 is 2.05 bits per heavy atom. The number of carbonyl (C=O) groups is 1. The molecule has 0 aromatic carbocycles. The van der Waals surface area contributed by atoms with Gasteiger partial charge >= 0.3 is 0 Å². The smallest absolute Gasteiger partial charge is 0.240 e. The molecule has 0 spiro atoms. The van der Waals surface area contributed by atoms with Gasteiger partial charge in [0.25, 0.3) is 0 Å². The van der Waals surface area contributed by atoms with Crippen molar-refractivity contribution in [2.45, 2.75) is 65.5 Å². The number of aromatic nitrogens is 1. The van der Waals surface area contributed by atoms with E-state index < -0.39 is 5.54 Å². The molecule has 5 nitrogen and oxygen atoms in total. The second-order valence-electron chi connectivity index (χ2n) is 5.34. The predicted octanol–water partition coefficient (Wildman–Crippen LogP) is 2.80. The van der Waals surface area contributed by atoms with Gasteiger partial charge < -0.3 is 15.6 Å². The molecule has 0 fully saturated rings. The number of amides is 1. The van der Waals surface area contributed by atoms with Gasteiger partial charge in [0, 0.05) is 5.56 Å². The quantitative estimate of drug-likeness (QED) is 0.846. The van der Waals surface area contributed by atoms with E-state index in [2.05, 4.69) is 10.5 Å². The first kappa shape index (κ1) is 18.9. The van der Waals surface area contributed by atoms with E-state index in [1.165, 1.54) is 0 Å². The van der Waals surface area contributed by atoms with Crippen molar-refractivity contribution in [2.75, 3.05) is 0 Å². The van der Waals surface area contributed by atoms with Crippen LogP contribution in [0.15, 0.2) is 4.52 Å². The number of rotatable bonds is 6. The second-order valence-corrected chi connectivity index (χ2v) is 5.34. The van der Waals surface area contributed by atoms with Gasteiger partial charge in [-0.2, -0.15) is 0 Å². The maximum atomic E-state index is 12.3. The summed E-state index contributed by atoms with van der Waals surface area (Å²) in [7, 11) is 0. The minimum absolute atomic E-state index is 0. The lowest BCUT2D eigenvalue weighted by Gasteiger charge is -2.26. The fourth-order valence-electron chi connectivity index (χ4n) is 2.32. The van der Waals surface area contributed by atoms with Gasteiger partial charge in [-0.15, -0.1) is 12.4 Å². The van der Waals surface area contributed by atoms with Crippen LogP contribution in [0, 0.1) is 13.8 Å². The number of hydrogen-bond acceptors (Lipinski definition) is 4. The van der Waals surface area contributed by atoms with Gasteiger partial charge in [-0.05, 0) is 33.6 Å². The van der Waals surface area contributed by atoms with Crippen LogP contribution in [0.25, 0.3) is 0 Å². The third-order valence-electron chi connectivity index (χ3n) is 3.44. The highest BCUT2D eigenvalue weighted by molar-refractivity contribution is 5.86. The molecule has 0 aliphatic rings. The Labute approximate surface area is 127 Å². The highest BCUT2D eigenvalue weighted by Crippen LogP contribution is 2.24. The number of carbonyl (C=O) groups excluding carboxylic acids is 1. The van der Waals surface area contributed by atoms with Crippen LogP contribution < -0.4 is 11.1 Å². The van der Waals surface area contributed by atoms with E-state index in [0.29, 0.717) is 6.42 Å². The number of hydrogen-bond donors (Lipinski definition) is 2. The Balaban J connectivity index is 0.00000361. The first-order valence-electron chi connectivity index (χ1n) is 6.86. The van der Waals surface area contributed by atoms with E-state index >= 15 is 0 Å². The molecule has 0 saturated carbocycles. The maximum absolute atomic E-state index is 12.3. The van der Waals surface area contributed by atoms with E-state index in [1.807, 2.05) is 27.7 Å². The first-order valence-corrected chi connectivity index (χ1v) is 6.86. The van der Waals surface area contributed by atoms with Crippen molar-refractivity contribution in [1.29, 1.82) is 0 Å². The van der Waals surface area contributed by atoms with Gasteiger partial charge in [-0.1, -0.05) is 25.4 Å². The van der Waals surface area contributed by atoms with Crippen LogP contribution in [0.4, 0.5) is 0 Å². The number of nitrogens with two attached hydrogens (primary N) is 1. The molecule has 0 bridgehead atoms. The molecule has 0 aliphatic heterocycles. The van der Waals surface area contributed by atoms with Gasteiger partial charge in [0.1, 0.15) is 5.76 Å². The lowest BCUT2D eigenvalue weighted by Crippen LogP contribution is -2.52. The fourth-order valence-corrected chi connectivity index (χ4v) is 2.32. The molecule has 0 saturated heterocycles. The molecule has 1 amide bonds. The van der Waals surface area contributed by atoms with Crippen LogP contribution in [-0.4, -0.2) is 16.6 Å². The molecular weight excluding hydrogens is 278 g/mol. The van der Waals surface area contributed by atoms with Crippen LogP contribution in [0.2, 0.25) is 0 Å². The Morgan fingerprint density at radius 1 is 1.45 bits per heavy atom. The molecule has 1 aromatic rings.